The summed E-state index contributed by atoms with van der Waals surface area (Å²) in [4.78, 5) is 0. The van der Waals surface area contributed by atoms with E-state index < -0.39 is 5.60 Å². The molecule has 1 aliphatic carbocycles. The summed E-state index contributed by atoms with van der Waals surface area (Å²) in [5, 5.41) is 0. The molecular formula is C28H31BO2. The monoisotopic (exact) mass is 410 g/mol. The molecule has 2 aliphatic rings. The third-order valence-corrected chi connectivity index (χ3v) is 6.95. The Morgan fingerprint density at radius 1 is 0.806 bits per heavy atom. The molecule has 1 saturated carbocycles. The lowest BCUT2D eigenvalue weighted by Crippen LogP contribution is -2.34. The van der Waals surface area contributed by atoms with Gasteiger partial charge in [0.25, 0.3) is 0 Å². The molecule has 3 heteroatoms. The average Bonchev–Trinajstić information content (AvgIpc) is 3.50. The van der Waals surface area contributed by atoms with E-state index in [-0.39, 0.29) is 13.2 Å². The molecule has 0 aromatic heterocycles. The summed E-state index contributed by atoms with van der Waals surface area (Å²) >= 11 is 0. The van der Waals surface area contributed by atoms with Crippen molar-refractivity contribution in [2.24, 2.45) is 5.92 Å². The molecular weight excluding hydrogens is 379 g/mol. The van der Waals surface area contributed by atoms with Crippen LogP contribution in [0.25, 0.3) is 0 Å². The zero-order valence-electron chi connectivity index (χ0n) is 18.3. The third kappa shape index (κ3) is 3.97. The SMILES string of the molecule is CCCCC[C@H]1C[C@@H]1B1O[C@H](c2ccccc2)C(c2ccccc2)(c2ccccc2)O1. The van der Waals surface area contributed by atoms with Gasteiger partial charge in [-0.25, -0.2) is 0 Å². The largest absolute Gasteiger partial charge is 0.462 e. The van der Waals surface area contributed by atoms with Gasteiger partial charge in [0.15, 0.2) is 0 Å². The normalized spacial score (nSPS) is 24.3. The molecule has 0 N–H and O–H groups in total. The van der Waals surface area contributed by atoms with Crippen LogP contribution < -0.4 is 0 Å². The Labute approximate surface area is 186 Å². The lowest BCUT2D eigenvalue weighted by Gasteiger charge is -2.35. The van der Waals surface area contributed by atoms with E-state index in [4.69, 9.17) is 9.31 Å². The van der Waals surface area contributed by atoms with Crippen LogP contribution in [0.2, 0.25) is 5.82 Å². The van der Waals surface area contributed by atoms with Gasteiger partial charge < -0.3 is 9.31 Å². The second-order valence-electron chi connectivity index (χ2n) is 9.04. The maximum absolute atomic E-state index is 7.03. The standard InChI is InChI=1S/C28H31BO2/c1-2-3-7-16-23-21-26(23)29-30-27(22-14-8-4-9-15-22)28(31-29,24-17-10-5-11-18-24)25-19-12-6-13-20-25/h4-6,8-15,17-20,23,26-27H,2-3,7,16,21H2,1H3/t23-,26-,27+/m0/s1. The number of unbranched alkanes of at least 4 members (excludes halogenated alkanes) is 2. The van der Waals surface area contributed by atoms with Gasteiger partial charge in [0.05, 0.1) is 0 Å². The number of hydrogen-bond donors (Lipinski definition) is 0. The average molecular weight is 410 g/mol. The first-order valence-corrected chi connectivity index (χ1v) is 11.8. The first kappa shape index (κ1) is 20.5. The molecule has 5 rings (SSSR count). The van der Waals surface area contributed by atoms with E-state index in [1.807, 2.05) is 0 Å². The Morgan fingerprint density at radius 3 is 1.97 bits per heavy atom. The van der Waals surface area contributed by atoms with Gasteiger partial charge in [-0.15, -0.1) is 0 Å². The summed E-state index contributed by atoms with van der Waals surface area (Å²) in [5.74, 6) is 1.23. The van der Waals surface area contributed by atoms with Gasteiger partial charge in [0.1, 0.15) is 11.7 Å². The van der Waals surface area contributed by atoms with Crippen LogP contribution in [0.5, 0.6) is 0 Å². The Hall–Kier alpha value is -2.36. The molecule has 0 bridgehead atoms. The summed E-state index contributed by atoms with van der Waals surface area (Å²) < 4.78 is 13.8. The van der Waals surface area contributed by atoms with Crippen molar-refractivity contribution >= 4 is 7.12 Å². The van der Waals surface area contributed by atoms with Crippen molar-refractivity contribution in [3.05, 3.63) is 108 Å². The fraction of sp³-hybridized carbons (Fsp3) is 0.357. The van der Waals surface area contributed by atoms with E-state index in [0.717, 1.165) is 17.0 Å². The van der Waals surface area contributed by atoms with Crippen molar-refractivity contribution in [2.45, 2.75) is 56.6 Å². The van der Waals surface area contributed by atoms with Crippen molar-refractivity contribution < 1.29 is 9.31 Å². The first-order chi connectivity index (χ1) is 15.3. The quantitative estimate of drug-likeness (QED) is 0.289. The molecule has 1 heterocycles. The fourth-order valence-electron chi connectivity index (χ4n) is 5.20. The van der Waals surface area contributed by atoms with Gasteiger partial charge in [0, 0.05) is 0 Å². The highest BCUT2D eigenvalue weighted by atomic mass is 16.7. The van der Waals surface area contributed by atoms with E-state index in [9.17, 15) is 0 Å². The minimum absolute atomic E-state index is 0.169. The second kappa shape index (κ2) is 9.02. The number of hydrogen-bond acceptors (Lipinski definition) is 2. The van der Waals surface area contributed by atoms with Crippen LogP contribution in [0.1, 0.15) is 61.8 Å². The van der Waals surface area contributed by atoms with E-state index in [0.29, 0.717) is 5.82 Å². The summed E-state index contributed by atoms with van der Waals surface area (Å²) in [6, 6.07) is 31.9. The predicted octanol–water partition coefficient (Wildman–Crippen LogP) is 7.18. The van der Waals surface area contributed by atoms with Crippen LogP contribution in [-0.2, 0) is 14.9 Å². The molecule has 0 radical (unpaired) electrons. The zero-order chi connectivity index (χ0) is 21.1. The highest BCUT2D eigenvalue weighted by Crippen LogP contribution is 2.59. The maximum atomic E-state index is 7.03. The van der Waals surface area contributed by atoms with Gasteiger partial charge in [-0.1, -0.05) is 124 Å². The Bertz CT molecular complexity index is 921. The first-order valence-electron chi connectivity index (χ1n) is 11.8. The van der Waals surface area contributed by atoms with Crippen LogP contribution in [0, 0.1) is 5.92 Å². The van der Waals surface area contributed by atoms with Gasteiger partial charge in [0.2, 0.25) is 0 Å². The summed E-state index contributed by atoms with van der Waals surface area (Å²) in [5.41, 5.74) is 2.83. The fourth-order valence-corrected chi connectivity index (χ4v) is 5.20. The summed E-state index contributed by atoms with van der Waals surface area (Å²) in [7, 11) is -0.169. The summed E-state index contributed by atoms with van der Waals surface area (Å²) in [6.45, 7) is 2.27. The van der Waals surface area contributed by atoms with Crippen molar-refractivity contribution in [1.82, 2.24) is 0 Å². The topological polar surface area (TPSA) is 18.5 Å². The van der Waals surface area contributed by atoms with Crippen molar-refractivity contribution in [1.29, 1.82) is 0 Å². The molecule has 31 heavy (non-hydrogen) atoms. The van der Waals surface area contributed by atoms with Gasteiger partial charge in [-0.3, -0.25) is 0 Å². The van der Waals surface area contributed by atoms with E-state index in [1.54, 1.807) is 0 Å². The summed E-state index contributed by atoms with van der Waals surface area (Å²) in [6.07, 6.45) is 6.24. The number of rotatable bonds is 8. The molecule has 3 atom stereocenters. The highest BCUT2D eigenvalue weighted by Gasteiger charge is 2.60. The number of benzene rings is 3. The minimum atomic E-state index is -0.648. The van der Waals surface area contributed by atoms with Crippen molar-refractivity contribution in [2.75, 3.05) is 0 Å². The minimum Gasteiger partial charge on any atom is -0.400 e. The van der Waals surface area contributed by atoms with Crippen LogP contribution in [-0.4, -0.2) is 7.12 Å². The Balaban J connectivity index is 1.54. The van der Waals surface area contributed by atoms with E-state index in [1.165, 1.54) is 37.7 Å². The van der Waals surface area contributed by atoms with Gasteiger partial charge in [-0.05, 0) is 34.8 Å². The van der Waals surface area contributed by atoms with Crippen LogP contribution >= 0.6 is 0 Å². The second-order valence-corrected chi connectivity index (χ2v) is 9.04. The molecule has 0 spiro atoms. The Kier molecular flexibility index (Phi) is 5.98. The molecule has 3 aromatic carbocycles. The molecule has 1 aliphatic heterocycles. The molecule has 158 valence electrons. The van der Waals surface area contributed by atoms with Crippen LogP contribution in [0.3, 0.4) is 0 Å². The molecule has 2 fully saturated rings. The van der Waals surface area contributed by atoms with E-state index >= 15 is 0 Å². The molecule has 0 amide bonds. The zero-order valence-corrected chi connectivity index (χ0v) is 18.3. The van der Waals surface area contributed by atoms with Gasteiger partial charge >= 0.3 is 7.12 Å². The van der Waals surface area contributed by atoms with Gasteiger partial charge in [-0.2, -0.15) is 0 Å². The third-order valence-electron chi connectivity index (χ3n) is 6.95. The Morgan fingerprint density at radius 2 is 1.39 bits per heavy atom. The van der Waals surface area contributed by atoms with Crippen molar-refractivity contribution in [3.8, 4) is 0 Å². The molecule has 3 aromatic rings. The molecule has 0 unspecified atom stereocenters. The maximum Gasteiger partial charge on any atom is 0.462 e. The lowest BCUT2D eigenvalue weighted by atomic mass is 9.77. The van der Waals surface area contributed by atoms with Crippen molar-refractivity contribution in [3.63, 3.8) is 0 Å². The van der Waals surface area contributed by atoms with E-state index in [2.05, 4.69) is 97.9 Å². The molecule has 2 nitrogen and oxygen atoms in total. The predicted molar refractivity (Wildman–Crippen MR) is 127 cm³/mol. The van der Waals surface area contributed by atoms with Crippen LogP contribution in [0.4, 0.5) is 0 Å². The van der Waals surface area contributed by atoms with Crippen LogP contribution in [0.15, 0.2) is 91.0 Å². The smallest absolute Gasteiger partial charge is 0.400 e. The lowest BCUT2D eigenvalue weighted by molar-refractivity contribution is 0.0726. The molecule has 1 saturated heterocycles. The highest BCUT2D eigenvalue weighted by molar-refractivity contribution is 6.48.